The van der Waals surface area contributed by atoms with Gasteiger partial charge in [-0.2, -0.15) is 0 Å². The minimum absolute atomic E-state index is 0.127. The van der Waals surface area contributed by atoms with E-state index < -0.39 is 22.6 Å². The lowest BCUT2D eigenvalue weighted by Crippen LogP contribution is -2.69. The number of amides is 1. The highest BCUT2D eigenvalue weighted by Gasteiger charge is 2.75. The highest BCUT2D eigenvalue weighted by molar-refractivity contribution is 9.10. The lowest BCUT2D eigenvalue weighted by atomic mass is 9.35. The molecule has 6 heteroatoms. The number of carbonyl (C=O) groups excluding carboxylic acids is 1. The molecule has 2 N–H and O–H groups in total. The van der Waals surface area contributed by atoms with Crippen LogP contribution in [0.4, 0.5) is 10.1 Å². The van der Waals surface area contributed by atoms with E-state index in [4.69, 9.17) is 5.11 Å². The Morgan fingerprint density at radius 3 is 2.42 bits per heavy atom. The Bertz CT molecular complexity index is 582. The molecule has 3 aliphatic rings. The molecular weight excluding hydrogens is 317 g/mol. The van der Waals surface area contributed by atoms with Crippen LogP contribution >= 0.6 is 15.9 Å². The molecule has 0 aromatic heterocycles. The number of nitrogens with one attached hydrogen (secondary N) is 1. The molecule has 0 heterocycles. The summed E-state index contributed by atoms with van der Waals surface area (Å²) in [4.78, 5) is 23.0. The Labute approximate surface area is 117 Å². The second-order valence-corrected chi connectivity index (χ2v) is 6.39. The average molecular weight is 328 g/mol. The highest BCUT2D eigenvalue weighted by atomic mass is 79.9. The smallest absolute Gasteiger partial charge is 0.309 e. The molecule has 19 heavy (non-hydrogen) atoms. The van der Waals surface area contributed by atoms with Crippen LogP contribution in [-0.4, -0.2) is 17.0 Å². The van der Waals surface area contributed by atoms with Crippen molar-refractivity contribution >= 4 is 33.5 Å². The van der Waals surface area contributed by atoms with Crippen molar-refractivity contribution in [2.45, 2.75) is 19.3 Å². The lowest BCUT2D eigenvalue weighted by Gasteiger charge is -2.66. The van der Waals surface area contributed by atoms with Gasteiger partial charge in [-0.05, 0) is 37.5 Å². The van der Waals surface area contributed by atoms with Crippen molar-refractivity contribution in [3.8, 4) is 0 Å². The Morgan fingerprint density at radius 2 is 1.89 bits per heavy atom. The summed E-state index contributed by atoms with van der Waals surface area (Å²) in [6.07, 6.45) is 1.08. The Kier molecular flexibility index (Phi) is 2.51. The summed E-state index contributed by atoms with van der Waals surface area (Å²) < 4.78 is 14.2. The van der Waals surface area contributed by atoms with Gasteiger partial charge in [0.15, 0.2) is 0 Å². The number of benzene rings is 1. The molecule has 0 atom stereocenters. The highest BCUT2D eigenvalue weighted by Crippen LogP contribution is 2.73. The Balaban J connectivity index is 1.70. The summed E-state index contributed by atoms with van der Waals surface area (Å²) >= 11 is 3.14. The topological polar surface area (TPSA) is 66.4 Å². The molecule has 3 saturated carbocycles. The number of aliphatic carboxylic acids is 1. The van der Waals surface area contributed by atoms with Crippen LogP contribution in [0.3, 0.4) is 0 Å². The molecule has 0 radical (unpaired) electrons. The van der Waals surface area contributed by atoms with Crippen molar-refractivity contribution in [3.05, 3.63) is 28.5 Å². The van der Waals surface area contributed by atoms with Crippen molar-refractivity contribution in [2.75, 3.05) is 5.32 Å². The molecule has 3 aliphatic carbocycles. The van der Waals surface area contributed by atoms with E-state index in [0.29, 0.717) is 23.7 Å². The molecule has 1 aromatic rings. The van der Waals surface area contributed by atoms with Crippen LogP contribution < -0.4 is 5.32 Å². The minimum atomic E-state index is -0.836. The summed E-state index contributed by atoms with van der Waals surface area (Å²) in [6.45, 7) is 0. The van der Waals surface area contributed by atoms with Gasteiger partial charge in [0.2, 0.25) is 5.91 Å². The van der Waals surface area contributed by atoms with E-state index in [9.17, 15) is 14.0 Å². The fraction of sp³-hybridized carbons (Fsp3) is 0.385. The van der Waals surface area contributed by atoms with Gasteiger partial charge in [-0.3, -0.25) is 9.59 Å². The summed E-state index contributed by atoms with van der Waals surface area (Å²) in [5.41, 5.74) is -1.17. The number of rotatable bonds is 3. The van der Waals surface area contributed by atoms with E-state index in [0.717, 1.165) is 0 Å². The number of halogens is 2. The van der Waals surface area contributed by atoms with Crippen LogP contribution in [-0.2, 0) is 9.59 Å². The van der Waals surface area contributed by atoms with Gasteiger partial charge in [-0.15, -0.1) is 0 Å². The lowest BCUT2D eigenvalue weighted by molar-refractivity contribution is -0.217. The first-order valence-corrected chi connectivity index (χ1v) is 6.66. The van der Waals surface area contributed by atoms with Gasteiger partial charge >= 0.3 is 5.97 Å². The third kappa shape index (κ3) is 1.69. The van der Waals surface area contributed by atoms with Crippen LogP contribution in [0.2, 0.25) is 0 Å². The SMILES string of the molecule is O=C(O)C12CC(C(=O)Nc3ccc(Br)cc3F)(C1)C2. The van der Waals surface area contributed by atoms with E-state index in [1.54, 1.807) is 6.07 Å². The number of carboxylic acids is 1. The molecule has 0 aliphatic heterocycles. The molecule has 4 rings (SSSR count). The van der Waals surface area contributed by atoms with Gasteiger partial charge in [-0.1, -0.05) is 15.9 Å². The minimum Gasteiger partial charge on any atom is -0.481 e. The van der Waals surface area contributed by atoms with Gasteiger partial charge in [0.1, 0.15) is 5.82 Å². The van der Waals surface area contributed by atoms with E-state index in [1.807, 2.05) is 0 Å². The molecule has 0 saturated heterocycles. The van der Waals surface area contributed by atoms with E-state index in [2.05, 4.69) is 21.2 Å². The van der Waals surface area contributed by atoms with Gasteiger partial charge < -0.3 is 10.4 Å². The normalized spacial score (nSPS) is 31.1. The van der Waals surface area contributed by atoms with Crippen molar-refractivity contribution in [2.24, 2.45) is 10.8 Å². The zero-order valence-corrected chi connectivity index (χ0v) is 11.5. The van der Waals surface area contributed by atoms with Gasteiger partial charge in [0, 0.05) is 4.47 Å². The zero-order chi connectivity index (χ0) is 13.8. The molecule has 100 valence electrons. The third-order valence-electron chi connectivity index (χ3n) is 4.15. The summed E-state index contributed by atoms with van der Waals surface area (Å²) in [5.74, 6) is -1.63. The largest absolute Gasteiger partial charge is 0.481 e. The summed E-state index contributed by atoms with van der Waals surface area (Å²) in [6, 6.07) is 4.39. The standard InChI is InChI=1S/C13H11BrFNO3/c14-7-1-2-9(8(15)3-7)16-10(17)12-4-13(5-12,6-12)11(18)19/h1-3H,4-6H2,(H,16,17)(H,18,19). The maximum atomic E-state index is 13.6. The van der Waals surface area contributed by atoms with E-state index in [-0.39, 0.29) is 11.6 Å². The first-order chi connectivity index (χ1) is 8.87. The predicted octanol–water partition coefficient (Wildman–Crippen LogP) is 2.78. The molecule has 3 fully saturated rings. The fourth-order valence-electron chi connectivity index (χ4n) is 3.10. The van der Waals surface area contributed by atoms with Crippen molar-refractivity contribution in [3.63, 3.8) is 0 Å². The second-order valence-electron chi connectivity index (χ2n) is 5.47. The van der Waals surface area contributed by atoms with Crippen LogP contribution in [0.1, 0.15) is 19.3 Å². The number of hydrogen-bond acceptors (Lipinski definition) is 2. The van der Waals surface area contributed by atoms with Crippen LogP contribution in [0.15, 0.2) is 22.7 Å². The number of hydrogen-bond donors (Lipinski definition) is 2. The Morgan fingerprint density at radius 1 is 1.26 bits per heavy atom. The monoisotopic (exact) mass is 327 g/mol. The molecule has 0 spiro atoms. The average Bonchev–Trinajstić information content (AvgIpc) is 2.17. The molecule has 2 bridgehead atoms. The number of carboxylic acid groups (broad SMARTS) is 1. The van der Waals surface area contributed by atoms with Gasteiger partial charge in [0.05, 0.1) is 16.5 Å². The predicted molar refractivity (Wildman–Crippen MR) is 69.1 cm³/mol. The summed E-state index contributed by atoms with van der Waals surface area (Å²) in [5, 5.41) is 11.5. The molecule has 1 aromatic carbocycles. The molecular formula is C13H11BrFNO3. The maximum Gasteiger partial charge on any atom is 0.309 e. The van der Waals surface area contributed by atoms with Gasteiger partial charge in [-0.25, -0.2) is 4.39 Å². The summed E-state index contributed by atoms with van der Waals surface area (Å²) in [7, 11) is 0. The van der Waals surface area contributed by atoms with Crippen LogP contribution in [0, 0.1) is 16.6 Å². The third-order valence-corrected chi connectivity index (χ3v) is 4.64. The number of anilines is 1. The second kappa shape index (κ2) is 3.79. The van der Waals surface area contributed by atoms with Crippen LogP contribution in [0.25, 0.3) is 0 Å². The number of carbonyl (C=O) groups is 2. The van der Waals surface area contributed by atoms with Crippen molar-refractivity contribution in [1.29, 1.82) is 0 Å². The van der Waals surface area contributed by atoms with Crippen molar-refractivity contribution in [1.82, 2.24) is 0 Å². The fourth-order valence-corrected chi connectivity index (χ4v) is 3.43. The van der Waals surface area contributed by atoms with Crippen LogP contribution in [0.5, 0.6) is 0 Å². The van der Waals surface area contributed by atoms with E-state index >= 15 is 0 Å². The first kappa shape index (κ1) is 12.6. The quantitative estimate of drug-likeness (QED) is 0.897. The molecule has 4 nitrogen and oxygen atoms in total. The first-order valence-electron chi connectivity index (χ1n) is 5.87. The van der Waals surface area contributed by atoms with Gasteiger partial charge in [0.25, 0.3) is 0 Å². The molecule has 0 unspecified atom stereocenters. The van der Waals surface area contributed by atoms with E-state index in [1.165, 1.54) is 12.1 Å². The van der Waals surface area contributed by atoms with Crippen molar-refractivity contribution < 1.29 is 19.1 Å². The maximum absolute atomic E-state index is 13.6. The Hall–Kier alpha value is -1.43. The zero-order valence-electron chi connectivity index (χ0n) is 9.87. The molecule has 1 amide bonds.